The molecule has 2 heteroatoms. The van der Waals surface area contributed by atoms with Crippen LogP contribution in [0.4, 0.5) is 0 Å². The lowest BCUT2D eigenvalue weighted by Crippen LogP contribution is -2.32. The molecule has 2 unspecified atom stereocenters. The molecule has 2 N–H and O–H groups in total. The average molecular weight is 207 g/mol. The highest BCUT2D eigenvalue weighted by Crippen LogP contribution is 2.46. The van der Waals surface area contributed by atoms with Gasteiger partial charge in [-0.25, -0.2) is 0 Å². The van der Waals surface area contributed by atoms with Crippen molar-refractivity contribution in [2.75, 3.05) is 6.54 Å². The van der Waals surface area contributed by atoms with Crippen LogP contribution in [0, 0.1) is 11.3 Å². The van der Waals surface area contributed by atoms with E-state index in [0.29, 0.717) is 17.3 Å². The second-order valence-corrected chi connectivity index (χ2v) is 5.52. The van der Waals surface area contributed by atoms with Crippen LogP contribution in [-0.2, 0) is 0 Å². The van der Waals surface area contributed by atoms with Crippen LogP contribution in [0.3, 0.4) is 0 Å². The Hall–Kier alpha value is -0.760. The molecule has 0 aromatic carbocycles. The molecule has 0 amide bonds. The summed E-state index contributed by atoms with van der Waals surface area (Å²) < 4.78 is 5.54. The summed E-state index contributed by atoms with van der Waals surface area (Å²) in [6.45, 7) is 5.47. The normalized spacial score (nSPS) is 30.3. The summed E-state index contributed by atoms with van der Waals surface area (Å²) in [7, 11) is 0. The lowest BCUT2D eigenvalue weighted by atomic mass is 9.66. The van der Waals surface area contributed by atoms with E-state index in [-0.39, 0.29) is 0 Å². The minimum Gasteiger partial charge on any atom is -0.469 e. The van der Waals surface area contributed by atoms with Gasteiger partial charge in [-0.05, 0) is 49.3 Å². The summed E-state index contributed by atoms with van der Waals surface area (Å²) in [5.41, 5.74) is 6.28. The Labute approximate surface area is 91.8 Å². The Morgan fingerprint density at radius 3 is 2.93 bits per heavy atom. The van der Waals surface area contributed by atoms with E-state index >= 15 is 0 Å². The zero-order valence-corrected chi connectivity index (χ0v) is 9.70. The highest BCUT2D eigenvalue weighted by atomic mass is 16.3. The van der Waals surface area contributed by atoms with Gasteiger partial charge in [-0.2, -0.15) is 0 Å². The third kappa shape index (κ3) is 2.25. The molecule has 0 bridgehead atoms. The number of hydrogen-bond acceptors (Lipinski definition) is 2. The first-order chi connectivity index (χ1) is 7.12. The minimum absolute atomic E-state index is 0.434. The molecule has 15 heavy (non-hydrogen) atoms. The summed E-state index contributed by atoms with van der Waals surface area (Å²) in [6, 6.07) is 4.07. The minimum atomic E-state index is 0.434. The molecule has 1 heterocycles. The van der Waals surface area contributed by atoms with E-state index in [1.54, 1.807) is 6.26 Å². The molecule has 0 saturated heterocycles. The highest BCUT2D eigenvalue weighted by Gasteiger charge is 2.36. The fourth-order valence-electron chi connectivity index (χ4n) is 2.76. The Bertz CT molecular complexity index is 302. The molecule has 0 aliphatic heterocycles. The molecular weight excluding hydrogens is 186 g/mol. The zero-order valence-electron chi connectivity index (χ0n) is 9.70. The third-order valence-electron chi connectivity index (χ3n) is 3.74. The van der Waals surface area contributed by atoms with E-state index in [9.17, 15) is 0 Å². The first-order valence-corrected chi connectivity index (χ1v) is 5.86. The summed E-state index contributed by atoms with van der Waals surface area (Å²) in [6.07, 6.45) is 5.48. The maximum absolute atomic E-state index is 5.85. The van der Waals surface area contributed by atoms with E-state index in [4.69, 9.17) is 10.2 Å². The van der Waals surface area contributed by atoms with E-state index in [1.807, 2.05) is 6.07 Å². The monoisotopic (exact) mass is 207 g/mol. The van der Waals surface area contributed by atoms with Crippen LogP contribution in [0.5, 0.6) is 0 Å². The van der Waals surface area contributed by atoms with Gasteiger partial charge in [0.1, 0.15) is 5.76 Å². The van der Waals surface area contributed by atoms with Crippen LogP contribution in [0.25, 0.3) is 0 Å². The Balaban J connectivity index is 2.18. The fourth-order valence-corrected chi connectivity index (χ4v) is 2.76. The molecule has 2 atom stereocenters. The lowest BCUT2D eigenvalue weighted by Gasteiger charge is -2.39. The molecule has 1 aliphatic carbocycles. The molecule has 1 aromatic rings. The van der Waals surface area contributed by atoms with E-state index in [0.717, 1.165) is 12.3 Å². The predicted molar refractivity (Wildman–Crippen MR) is 61.6 cm³/mol. The SMILES string of the molecule is CC1(C)CCC(CN)C(c2ccco2)C1. The van der Waals surface area contributed by atoms with Gasteiger partial charge in [0.05, 0.1) is 6.26 Å². The van der Waals surface area contributed by atoms with Crippen molar-refractivity contribution in [1.29, 1.82) is 0 Å². The number of hydrogen-bond donors (Lipinski definition) is 1. The van der Waals surface area contributed by atoms with Crippen LogP contribution >= 0.6 is 0 Å². The topological polar surface area (TPSA) is 39.2 Å². The number of nitrogens with two attached hydrogens (primary N) is 1. The third-order valence-corrected chi connectivity index (χ3v) is 3.74. The molecule has 2 nitrogen and oxygen atoms in total. The largest absolute Gasteiger partial charge is 0.469 e. The van der Waals surface area contributed by atoms with E-state index in [2.05, 4.69) is 19.9 Å². The van der Waals surface area contributed by atoms with E-state index < -0.39 is 0 Å². The van der Waals surface area contributed by atoms with Gasteiger partial charge in [0.25, 0.3) is 0 Å². The molecule has 0 spiro atoms. The molecule has 1 aliphatic rings. The van der Waals surface area contributed by atoms with Crippen molar-refractivity contribution >= 4 is 0 Å². The highest BCUT2D eigenvalue weighted by molar-refractivity contribution is 5.10. The van der Waals surface area contributed by atoms with Crippen molar-refractivity contribution in [2.24, 2.45) is 17.1 Å². The van der Waals surface area contributed by atoms with Gasteiger partial charge in [0.15, 0.2) is 0 Å². The molecule has 1 fully saturated rings. The first kappa shape index (κ1) is 10.7. The van der Waals surface area contributed by atoms with Crippen molar-refractivity contribution < 1.29 is 4.42 Å². The van der Waals surface area contributed by atoms with Crippen molar-refractivity contribution in [3.05, 3.63) is 24.2 Å². The van der Waals surface area contributed by atoms with Crippen molar-refractivity contribution in [2.45, 2.75) is 39.0 Å². The fraction of sp³-hybridized carbons (Fsp3) is 0.692. The number of furan rings is 1. The second kappa shape index (κ2) is 4.01. The second-order valence-electron chi connectivity index (χ2n) is 5.52. The standard InChI is InChI=1S/C13H21NO/c1-13(2)6-5-10(9-14)11(8-13)12-4-3-7-15-12/h3-4,7,10-11H,5-6,8-9,14H2,1-2H3. The molecule has 1 saturated carbocycles. The van der Waals surface area contributed by atoms with Crippen LogP contribution in [0.15, 0.2) is 22.8 Å². The van der Waals surface area contributed by atoms with Gasteiger partial charge >= 0.3 is 0 Å². The van der Waals surface area contributed by atoms with Gasteiger partial charge in [0.2, 0.25) is 0 Å². The average Bonchev–Trinajstić information content (AvgIpc) is 2.69. The molecule has 2 rings (SSSR count). The van der Waals surface area contributed by atoms with Crippen molar-refractivity contribution in [3.8, 4) is 0 Å². The summed E-state index contributed by atoms with van der Waals surface area (Å²) in [5.74, 6) is 2.25. The molecular formula is C13H21NO. The predicted octanol–water partition coefficient (Wildman–Crippen LogP) is 3.15. The summed E-state index contributed by atoms with van der Waals surface area (Å²) >= 11 is 0. The number of rotatable bonds is 2. The van der Waals surface area contributed by atoms with Gasteiger partial charge < -0.3 is 10.2 Å². The first-order valence-electron chi connectivity index (χ1n) is 5.86. The van der Waals surface area contributed by atoms with Gasteiger partial charge in [-0.3, -0.25) is 0 Å². The maximum Gasteiger partial charge on any atom is 0.107 e. The maximum atomic E-state index is 5.85. The lowest BCUT2D eigenvalue weighted by molar-refractivity contribution is 0.152. The van der Waals surface area contributed by atoms with Crippen LogP contribution in [-0.4, -0.2) is 6.54 Å². The van der Waals surface area contributed by atoms with Gasteiger partial charge in [0, 0.05) is 5.92 Å². The van der Waals surface area contributed by atoms with Crippen molar-refractivity contribution in [3.63, 3.8) is 0 Å². The molecule has 84 valence electrons. The Morgan fingerprint density at radius 1 is 1.53 bits per heavy atom. The molecule has 0 radical (unpaired) electrons. The smallest absolute Gasteiger partial charge is 0.107 e. The zero-order chi connectivity index (χ0) is 10.9. The van der Waals surface area contributed by atoms with Crippen LogP contribution < -0.4 is 5.73 Å². The van der Waals surface area contributed by atoms with Crippen LogP contribution in [0.1, 0.15) is 44.8 Å². The quantitative estimate of drug-likeness (QED) is 0.809. The Kier molecular flexibility index (Phi) is 2.87. The molecule has 1 aromatic heterocycles. The van der Waals surface area contributed by atoms with E-state index in [1.165, 1.54) is 19.3 Å². The van der Waals surface area contributed by atoms with Gasteiger partial charge in [-0.1, -0.05) is 13.8 Å². The van der Waals surface area contributed by atoms with Crippen molar-refractivity contribution in [1.82, 2.24) is 0 Å². The van der Waals surface area contributed by atoms with Crippen LogP contribution in [0.2, 0.25) is 0 Å². The summed E-state index contributed by atoms with van der Waals surface area (Å²) in [5, 5.41) is 0. The summed E-state index contributed by atoms with van der Waals surface area (Å²) in [4.78, 5) is 0. The Morgan fingerprint density at radius 2 is 2.33 bits per heavy atom. The van der Waals surface area contributed by atoms with Gasteiger partial charge in [-0.15, -0.1) is 0 Å².